The molecule has 2 nitrogen and oxygen atoms in total. The molecule has 5 heteroatoms. The summed E-state index contributed by atoms with van der Waals surface area (Å²) in [5.74, 6) is -1.26. The van der Waals surface area contributed by atoms with Crippen molar-refractivity contribution in [2.24, 2.45) is 4.99 Å². The van der Waals surface area contributed by atoms with Gasteiger partial charge in [0.15, 0.2) is 0 Å². The summed E-state index contributed by atoms with van der Waals surface area (Å²) in [7, 11) is 0. The summed E-state index contributed by atoms with van der Waals surface area (Å²) >= 11 is 1.67. The molecule has 0 radical (unpaired) electrons. The zero-order valence-electron chi connectivity index (χ0n) is 12.7. The van der Waals surface area contributed by atoms with Gasteiger partial charge in [-0.3, -0.25) is 0 Å². The lowest BCUT2D eigenvalue weighted by Gasteiger charge is -2.15. The molecule has 22 heavy (non-hydrogen) atoms. The molecule has 1 aromatic heterocycles. The molecule has 0 spiro atoms. The molecular weight excluding hydrogens is 304 g/mol. The lowest BCUT2D eigenvalue weighted by molar-refractivity contribution is 0.318. The standard InChI is InChI=1S/C17H17F2NOS/c1-17(2,3)14-8-7-13(22-14)12-9-21-16(20-12)15-10(18)5-4-6-11(15)19/h4-8,12H,9H2,1-3H3. The number of ether oxygens (including phenoxy) is 1. The van der Waals surface area contributed by atoms with Crippen molar-refractivity contribution in [2.75, 3.05) is 6.61 Å². The summed E-state index contributed by atoms with van der Waals surface area (Å²) in [5, 5.41) is 0. The van der Waals surface area contributed by atoms with Crippen LogP contribution in [0.15, 0.2) is 35.3 Å². The Morgan fingerprint density at radius 3 is 2.41 bits per heavy atom. The van der Waals surface area contributed by atoms with E-state index in [9.17, 15) is 8.78 Å². The number of nitrogens with zero attached hydrogens (tertiary/aromatic N) is 1. The highest BCUT2D eigenvalue weighted by molar-refractivity contribution is 7.12. The van der Waals surface area contributed by atoms with E-state index in [2.05, 4.69) is 31.8 Å². The number of halogens is 2. The van der Waals surface area contributed by atoms with Crippen molar-refractivity contribution in [1.82, 2.24) is 0 Å². The molecule has 0 fully saturated rings. The second-order valence-corrected chi connectivity index (χ2v) is 7.43. The van der Waals surface area contributed by atoms with Crippen LogP contribution in [0.2, 0.25) is 0 Å². The fourth-order valence-corrected chi connectivity index (χ4v) is 3.38. The van der Waals surface area contributed by atoms with Crippen LogP contribution in [0.25, 0.3) is 0 Å². The van der Waals surface area contributed by atoms with Crippen molar-refractivity contribution in [3.8, 4) is 0 Å². The number of benzene rings is 1. The first-order valence-corrected chi connectivity index (χ1v) is 7.93. The molecule has 1 aliphatic heterocycles. The minimum Gasteiger partial charge on any atom is -0.475 e. The maximum absolute atomic E-state index is 13.8. The third kappa shape index (κ3) is 2.77. The van der Waals surface area contributed by atoms with E-state index in [1.54, 1.807) is 11.3 Å². The van der Waals surface area contributed by atoms with E-state index < -0.39 is 11.6 Å². The van der Waals surface area contributed by atoms with Crippen LogP contribution >= 0.6 is 11.3 Å². The van der Waals surface area contributed by atoms with Gasteiger partial charge in [-0.25, -0.2) is 13.8 Å². The van der Waals surface area contributed by atoms with Crippen molar-refractivity contribution in [3.63, 3.8) is 0 Å². The highest BCUT2D eigenvalue weighted by Gasteiger charge is 2.28. The number of rotatable bonds is 2. The van der Waals surface area contributed by atoms with Gasteiger partial charge in [0.25, 0.3) is 0 Å². The van der Waals surface area contributed by atoms with Gasteiger partial charge in [0.2, 0.25) is 5.90 Å². The summed E-state index contributed by atoms with van der Waals surface area (Å²) in [5.41, 5.74) is -0.107. The van der Waals surface area contributed by atoms with E-state index in [4.69, 9.17) is 4.74 Å². The van der Waals surface area contributed by atoms with Gasteiger partial charge < -0.3 is 4.74 Å². The van der Waals surface area contributed by atoms with Crippen LogP contribution in [0.4, 0.5) is 8.78 Å². The lowest BCUT2D eigenvalue weighted by atomic mass is 9.95. The molecule has 0 amide bonds. The van der Waals surface area contributed by atoms with E-state index in [0.29, 0.717) is 6.61 Å². The molecule has 0 bridgehead atoms. The number of aliphatic imine (C=N–C) groups is 1. The first-order chi connectivity index (χ1) is 10.4. The van der Waals surface area contributed by atoms with E-state index in [1.165, 1.54) is 23.1 Å². The van der Waals surface area contributed by atoms with Crippen LogP contribution < -0.4 is 0 Å². The quantitative estimate of drug-likeness (QED) is 0.775. The lowest BCUT2D eigenvalue weighted by Crippen LogP contribution is -2.07. The second kappa shape index (κ2) is 5.47. The van der Waals surface area contributed by atoms with Crippen molar-refractivity contribution in [2.45, 2.75) is 32.2 Å². The van der Waals surface area contributed by atoms with Gasteiger partial charge in [0, 0.05) is 9.75 Å². The monoisotopic (exact) mass is 321 g/mol. The smallest absolute Gasteiger partial charge is 0.222 e. The first-order valence-electron chi connectivity index (χ1n) is 7.11. The average Bonchev–Trinajstić information content (AvgIpc) is 3.06. The van der Waals surface area contributed by atoms with Gasteiger partial charge >= 0.3 is 0 Å². The van der Waals surface area contributed by atoms with E-state index in [-0.39, 0.29) is 22.9 Å². The van der Waals surface area contributed by atoms with Crippen molar-refractivity contribution < 1.29 is 13.5 Å². The molecule has 1 atom stereocenters. The molecular formula is C17H17F2NOS. The van der Waals surface area contributed by atoms with Gasteiger partial charge in [-0.1, -0.05) is 26.8 Å². The van der Waals surface area contributed by atoms with Crippen LogP contribution in [-0.2, 0) is 10.2 Å². The molecule has 116 valence electrons. The number of thiophene rings is 1. The molecule has 2 aromatic rings. The summed E-state index contributed by atoms with van der Waals surface area (Å²) in [6.45, 7) is 6.76. The summed E-state index contributed by atoms with van der Waals surface area (Å²) in [6, 6.07) is 7.65. The highest BCUT2D eigenvalue weighted by atomic mass is 32.1. The second-order valence-electron chi connectivity index (χ2n) is 6.31. The molecule has 1 unspecified atom stereocenters. The predicted octanol–water partition coefficient (Wildman–Crippen LogP) is 4.84. The van der Waals surface area contributed by atoms with E-state index in [1.807, 2.05) is 6.07 Å². The Bertz CT molecular complexity index is 710. The third-order valence-corrected chi connectivity index (χ3v) is 5.13. The highest BCUT2D eigenvalue weighted by Crippen LogP contribution is 2.36. The molecule has 3 rings (SSSR count). The van der Waals surface area contributed by atoms with Crippen LogP contribution in [0.3, 0.4) is 0 Å². The zero-order valence-corrected chi connectivity index (χ0v) is 13.5. The van der Waals surface area contributed by atoms with Gasteiger partial charge in [0.05, 0.1) is 0 Å². The first kappa shape index (κ1) is 15.2. The number of hydrogen-bond acceptors (Lipinski definition) is 3. The minimum atomic E-state index is -0.652. The number of hydrogen-bond donors (Lipinski definition) is 0. The van der Waals surface area contributed by atoms with Gasteiger partial charge in [-0.2, -0.15) is 0 Å². The normalized spacial score (nSPS) is 18.2. The van der Waals surface area contributed by atoms with E-state index in [0.717, 1.165) is 4.88 Å². The van der Waals surface area contributed by atoms with Crippen LogP contribution in [0.1, 0.15) is 42.1 Å². The van der Waals surface area contributed by atoms with Crippen molar-refractivity contribution in [1.29, 1.82) is 0 Å². The zero-order chi connectivity index (χ0) is 15.9. The summed E-state index contributed by atoms with van der Waals surface area (Å²) in [4.78, 5) is 6.68. The predicted molar refractivity (Wildman–Crippen MR) is 84.6 cm³/mol. The fraction of sp³-hybridized carbons (Fsp3) is 0.353. The van der Waals surface area contributed by atoms with Crippen LogP contribution in [0, 0.1) is 11.6 Å². The maximum Gasteiger partial charge on any atom is 0.222 e. The summed E-state index contributed by atoms with van der Waals surface area (Å²) < 4.78 is 33.0. The van der Waals surface area contributed by atoms with Crippen molar-refractivity contribution in [3.05, 3.63) is 57.3 Å². The topological polar surface area (TPSA) is 21.6 Å². The Labute approximate surface area is 132 Å². The molecule has 2 heterocycles. The Morgan fingerprint density at radius 2 is 1.82 bits per heavy atom. The van der Waals surface area contributed by atoms with Crippen LogP contribution in [0.5, 0.6) is 0 Å². The Morgan fingerprint density at radius 1 is 1.14 bits per heavy atom. The Hall–Kier alpha value is -1.75. The summed E-state index contributed by atoms with van der Waals surface area (Å²) in [6.07, 6.45) is 0. The molecule has 1 aliphatic rings. The van der Waals surface area contributed by atoms with E-state index >= 15 is 0 Å². The molecule has 1 aromatic carbocycles. The third-order valence-electron chi connectivity index (χ3n) is 3.52. The molecule has 0 saturated heterocycles. The largest absolute Gasteiger partial charge is 0.475 e. The maximum atomic E-state index is 13.8. The SMILES string of the molecule is CC(C)(C)c1ccc(C2COC(c3c(F)cccc3F)=N2)s1. The Kier molecular flexibility index (Phi) is 3.77. The molecule has 0 N–H and O–H groups in total. The van der Waals surface area contributed by atoms with Gasteiger partial charge in [-0.15, -0.1) is 11.3 Å². The Balaban J connectivity index is 1.90. The average molecular weight is 321 g/mol. The fourth-order valence-electron chi connectivity index (χ4n) is 2.29. The minimum absolute atomic E-state index is 0.0475. The van der Waals surface area contributed by atoms with Crippen molar-refractivity contribution >= 4 is 17.2 Å². The molecule has 0 saturated carbocycles. The molecule has 0 aliphatic carbocycles. The van der Waals surface area contributed by atoms with Gasteiger partial charge in [0.1, 0.15) is 29.8 Å². The van der Waals surface area contributed by atoms with Gasteiger partial charge in [-0.05, 0) is 29.7 Å². The van der Waals surface area contributed by atoms with Crippen LogP contribution in [-0.4, -0.2) is 12.5 Å².